The van der Waals surface area contributed by atoms with Crippen molar-refractivity contribution in [2.24, 2.45) is 17.6 Å². The predicted molar refractivity (Wildman–Crippen MR) is 155 cm³/mol. The number of primary amides is 1. The fourth-order valence-corrected chi connectivity index (χ4v) is 7.75. The monoisotopic (exact) mass is 652 g/mol. The number of hydrogen-bond acceptors (Lipinski definition) is 3. The van der Waals surface area contributed by atoms with Crippen molar-refractivity contribution in [3.05, 3.63) is 60.7 Å². The van der Waals surface area contributed by atoms with Crippen molar-refractivity contribution in [1.82, 2.24) is 14.8 Å². The summed E-state index contributed by atoms with van der Waals surface area (Å²) in [6.45, 7) is 2.84. The maximum Gasteiger partial charge on any atom is 0.314 e. The van der Waals surface area contributed by atoms with Crippen molar-refractivity contribution >= 4 is 55.4 Å². The zero-order valence-corrected chi connectivity index (χ0v) is 24.1. The second kappa shape index (κ2) is 12.0. The van der Waals surface area contributed by atoms with Crippen LogP contribution >= 0.6 is 43.5 Å². The van der Waals surface area contributed by atoms with E-state index in [9.17, 15) is 9.59 Å². The van der Waals surface area contributed by atoms with Crippen molar-refractivity contribution in [3.8, 4) is 0 Å². The summed E-state index contributed by atoms with van der Waals surface area (Å²) in [6, 6.07) is 5.95. The van der Waals surface area contributed by atoms with Crippen LogP contribution in [0, 0.1) is 11.8 Å². The lowest BCUT2D eigenvalue weighted by atomic mass is 9.76. The third kappa shape index (κ3) is 6.17. The van der Waals surface area contributed by atoms with Gasteiger partial charge in [0.2, 0.25) is 5.91 Å². The average Bonchev–Trinajstić information content (AvgIpc) is 3.01. The number of aromatic nitrogens is 1. The molecule has 3 heterocycles. The number of amides is 3. The summed E-state index contributed by atoms with van der Waals surface area (Å²) in [4.78, 5) is 33.2. The maximum absolute atomic E-state index is 13.1. The van der Waals surface area contributed by atoms with E-state index >= 15 is 0 Å². The molecule has 9 heteroatoms. The minimum Gasteiger partial charge on any atom is -0.351 e. The Morgan fingerprint density at radius 2 is 1.62 bits per heavy atom. The Morgan fingerprint density at radius 3 is 2.30 bits per heavy atom. The second-order valence-corrected chi connectivity index (χ2v) is 12.5. The summed E-state index contributed by atoms with van der Waals surface area (Å²) in [7, 11) is 0. The molecule has 0 unspecified atom stereocenters. The van der Waals surface area contributed by atoms with Gasteiger partial charge < -0.3 is 15.5 Å². The second-order valence-electron chi connectivity index (χ2n) is 10.3. The molecule has 2 fully saturated rings. The Balaban J connectivity index is 0.00000320. The number of nitrogens with zero attached hydrogens (tertiary/aromatic N) is 3. The van der Waals surface area contributed by atoms with E-state index in [1.807, 2.05) is 17.2 Å². The molecule has 3 amide bonds. The molecule has 2 aliphatic heterocycles. The standard InChI is InChI=1S/C27H31Br2ClN4O2.CH4/c28-20-12-19-2-1-18-13-21(30)14-22(29)24(18)25(26(19)32-15-20)17-5-9-33(10-6-17)23(35)11-16-3-7-34(8-4-16)27(31)36;/h12-17,25H,1-11H2,(H2,31,36);1H4/t25-;/m1./s1. The first-order chi connectivity index (χ1) is 17.3. The molecule has 200 valence electrons. The van der Waals surface area contributed by atoms with Gasteiger partial charge in [-0.1, -0.05) is 35.0 Å². The molecule has 1 aromatic heterocycles. The third-order valence-corrected chi connectivity index (χ3v) is 9.48. The first-order valence-electron chi connectivity index (χ1n) is 12.7. The van der Waals surface area contributed by atoms with E-state index < -0.39 is 0 Å². The zero-order chi connectivity index (χ0) is 25.4. The van der Waals surface area contributed by atoms with Crippen LogP contribution in [-0.4, -0.2) is 52.9 Å². The quantitative estimate of drug-likeness (QED) is 0.408. The summed E-state index contributed by atoms with van der Waals surface area (Å²) >= 11 is 13.9. The topological polar surface area (TPSA) is 79.5 Å². The number of aryl methyl sites for hydroxylation is 2. The summed E-state index contributed by atoms with van der Waals surface area (Å²) < 4.78 is 2.05. The van der Waals surface area contributed by atoms with Crippen molar-refractivity contribution in [2.45, 2.75) is 58.3 Å². The van der Waals surface area contributed by atoms with Crippen molar-refractivity contribution in [1.29, 1.82) is 0 Å². The number of halogens is 3. The van der Waals surface area contributed by atoms with Crippen LogP contribution in [0.5, 0.6) is 0 Å². The number of rotatable bonds is 3. The van der Waals surface area contributed by atoms with E-state index in [1.165, 1.54) is 16.7 Å². The van der Waals surface area contributed by atoms with Crippen LogP contribution in [0.25, 0.3) is 0 Å². The SMILES string of the molecule is C.NC(=O)N1CCC(CC(=O)N2CCC([C@H]3c4ncc(Br)cc4CCc4cc(Cl)cc(Br)c43)CC2)CC1. The Kier molecular flexibility index (Phi) is 9.23. The van der Waals surface area contributed by atoms with Crippen LogP contribution < -0.4 is 5.73 Å². The highest BCUT2D eigenvalue weighted by Crippen LogP contribution is 2.46. The summed E-state index contributed by atoms with van der Waals surface area (Å²) in [5, 5.41) is 0.751. The van der Waals surface area contributed by atoms with Gasteiger partial charge in [0.25, 0.3) is 0 Å². The van der Waals surface area contributed by atoms with Crippen molar-refractivity contribution < 1.29 is 9.59 Å². The molecule has 2 saturated heterocycles. The molecule has 0 saturated carbocycles. The van der Waals surface area contributed by atoms with Gasteiger partial charge in [0.1, 0.15) is 0 Å². The Hall–Kier alpha value is -1.64. The molecular formula is C28H35Br2ClN4O2. The molecule has 0 radical (unpaired) electrons. The minimum atomic E-state index is -0.362. The number of hydrogen-bond donors (Lipinski definition) is 1. The van der Waals surface area contributed by atoms with Gasteiger partial charge in [0, 0.05) is 58.7 Å². The molecule has 5 rings (SSSR count). The highest BCUT2D eigenvalue weighted by Gasteiger charge is 2.36. The molecule has 0 spiro atoms. The maximum atomic E-state index is 13.1. The molecule has 3 aliphatic rings. The number of benzene rings is 1. The Bertz CT molecular complexity index is 1160. The number of urea groups is 1. The number of likely N-dealkylation sites (tertiary alicyclic amines) is 2. The van der Waals surface area contributed by atoms with Gasteiger partial charge in [-0.3, -0.25) is 9.78 Å². The van der Waals surface area contributed by atoms with Crippen molar-refractivity contribution in [3.63, 3.8) is 0 Å². The van der Waals surface area contributed by atoms with E-state index in [0.29, 0.717) is 31.3 Å². The van der Waals surface area contributed by atoms with E-state index in [1.54, 1.807) is 4.90 Å². The Morgan fingerprint density at radius 1 is 0.973 bits per heavy atom. The lowest BCUT2D eigenvalue weighted by Gasteiger charge is -2.38. The smallest absolute Gasteiger partial charge is 0.314 e. The van der Waals surface area contributed by atoms with Crippen LogP contribution in [-0.2, 0) is 17.6 Å². The van der Waals surface area contributed by atoms with Crippen LogP contribution in [0.2, 0.25) is 5.02 Å². The van der Waals surface area contributed by atoms with Gasteiger partial charge in [0.15, 0.2) is 0 Å². The zero-order valence-electron chi connectivity index (χ0n) is 20.2. The number of piperidine rings is 2. The molecule has 1 atom stereocenters. The first-order valence-corrected chi connectivity index (χ1v) is 14.7. The molecule has 37 heavy (non-hydrogen) atoms. The fraction of sp³-hybridized carbons (Fsp3) is 0.536. The summed E-state index contributed by atoms with van der Waals surface area (Å²) in [5.74, 6) is 1.14. The molecule has 6 nitrogen and oxygen atoms in total. The van der Waals surface area contributed by atoms with Gasteiger partial charge >= 0.3 is 6.03 Å². The predicted octanol–water partition coefficient (Wildman–Crippen LogP) is 6.55. The van der Waals surface area contributed by atoms with Gasteiger partial charge in [-0.2, -0.15) is 0 Å². The molecule has 2 N–H and O–H groups in total. The fourth-order valence-electron chi connectivity index (χ4n) is 6.25. The lowest BCUT2D eigenvalue weighted by Crippen LogP contribution is -2.44. The number of fused-ring (bicyclic) bond motifs is 2. The van der Waals surface area contributed by atoms with Gasteiger partial charge in [0.05, 0.1) is 5.69 Å². The number of nitrogens with two attached hydrogens (primary N) is 1. The third-order valence-electron chi connectivity index (χ3n) is 8.17. The van der Waals surface area contributed by atoms with E-state index in [2.05, 4.69) is 44.0 Å². The molecular weight excluding hydrogens is 620 g/mol. The minimum absolute atomic E-state index is 0. The van der Waals surface area contributed by atoms with E-state index in [0.717, 1.165) is 71.3 Å². The normalized spacial score (nSPS) is 20.5. The van der Waals surface area contributed by atoms with Crippen LogP contribution in [0.15, 0.2) is 33.3 Å². The highest BCUT2D eigenvalue weighted by atomic mass is 79.9. The number of carbonyl (C=O) groups is 2. The van der Waals surface area contributed by atoms with Crippen molar-refractivity contribution in [2.75, 3.05) is 26.2 Å². The van der Waals surface area contributed by atoms with E-state index in [-0.39, 0.29) is 25.3 Å². The van der Waals surface area contributed by atoms with Gasteiger partial charge in [-0.15, -0.1) is 0 Å². The summed E-state index contributed by atoms with van der Waals surface area (Å²) in [5.41, 5.74) is 10.4. The van der Waals surface area contributed by atoms with E-state index in [4.69, 9.17) is 22.3 Å². The molecule has 1 aromatic carbocycles. The van der Waals surface area contributed by atoms with Gasteiger partial charge in [-0.05, 0) is 101 Å². The first kappa shape index (κ1) is 28.4. The highest BCUT2D eigenvalue weighted by molar-refractivity contribution is 9.10. The lowest BCUT2D eigenvalue weighted by molar-refractivity contribution is -0.134. The van der Waals surface area contributed by atoms with Gasteiger partial charge in [-0.25, -0.2) is 4.79 Å². The van der Waals surface area contributed by atoms with Crippen LogP contribution in [0.4, 0.5) is 4.79 Å². The molecule has 2 aromatic rings. The van der Waals surface area contributed by atoms with Crippen LogP contribution in [0.1, 0.15) is 67.8 Å². The molecule has 1 aliphatic carbocycles. The average molecular weight is 655 g/mol. The largest absolute Gasteiger partial charge is 0.351 e. The molecule has 0 bridgehead atoms. The van der Waals surface area contributed by atoms with Crippen LogP contribution in [0.3, 0.4) is 0 Å². The Labute approximate surface area is 241 Å². The number of pyridine rings is 1. The number of carbonyl (C=O) groups excluding carboxylic acids is 2. The summed E-state index contributed by atoms with van der Waals surface area (Å²) in [6.07, 6.45) is 7.92.